The molecule has 1 unspecified atom stereocenters. The second-order valence-electron chi connectivity index (χ2n) is 33.3. The lowest BCUT2D eigenvalue weighted by molar-refractivity contribution is -0.412. The molecule has 0 radical (unpaired) electrons. The second kappa shape index (κ2) is 46.1. The lowest BCUT2D eigenvalue weighted by Crippen LogP contribution is -2.72. The number of hydrogen-bond acceptors (Lipinski definition) is 53. The van der Waals surface area contributed by atoms with Crippen LogP contribution in [-0.4, -0.2) is 557 Å². The summed E-state index contributed by atoms with van der Waals surface area (Å²) in [4.78, 5) is 52.8. The van der Waals surface area contributed by atoms with Gasteiger partial charge in [0.1, 0.15) is 250 Å². The van der Waals surface area contributed by atoms with Gasteiger partial charge in [0.2, 0.25) is 23.6 Å². The Kier molecular flexibility index (Phi) is 37.7. The predicted molar refractivity (Wildman–Crippen MR) is 400 cm³/mol. The molecule has 0 saturated carbocycles. The van der Waals surface area contributed by atoms with E-state index in [1.165, 1.54) is 13.8 Å². The van der Waals surface area contributed by atoms with Gasteiger partial charge in [-0.15, -0.1) is 0 Å². The van der Waals surface area contributed by atoms with E-state index in [1.54, 1.807) is 0 Å². The minimum atomic E-state index is -2.63. The van der Waals surface area contributed by atoms with Crippen LogP contribution < -0.4 is 21.3 Å². The first-order valence-corrected chi connectivity index (χ1v) is 41.8. The van der Waals surface area contributed by atoms with Crippen molar-refractivity contribution in [1.29, 1.82) is 0 Å². The number of carbonyl (C=O) groups is 4. The minimum absolute atomic E-state index is 0.888. The van der Waals surface area contributed by atoms with Crippen LogP contribution >= 0.6 is 0 Å². The molecule has 0 aromatic heterocycles. The zero-order valence-electron chi connectivity index (χ0n) is 70.3. The Balaban J connectivity index is 1.01. The van der Waals surface area contributed by atoms with Crippen LogP contribution in [0.3, 0.4) is 0 Å². The fraction of sp³-hybridized carbons (Fsp3) is 0.945. The highest BCUT2D eigenvalue weighted by atomic mass is 16.8. The summed E-state index contributed by atoms with van der Waals surface area (Å²) in [7, 11) is 0. The fourth-order valence-electron chi connectivity index (χ4n) is 17.0. The summed E-state index contributed by atoms with van der Waals surface area (Å²) in [5.74, 6) is -3.90. The highest BCUT2D eigenvalue weighted by Crippen LogP contribution is 2.43. The van der Waals surface area contributed by atoms with Gasteiger partial charge >= 0.3 is 0 Å². The first-order valence-electron chi connectivity index (χ1n) is 41.8. The molecule has 130 heavy (non-hydrogen) atoms. The number of amides is 4. The third-order valence-corrected chi connectivity index (χ3v) is 24.1. The monoisotopic (exact) mass is 1900 g/mol. The molecular weight excluding hydrogens is 1780 g/mol. The highest BCUT2D eigenvalue weighted by molar-refractivity contribution is 5.74. The summed E-state index contributed by atoms with van der Waals surface area (Å²) in [6, 6.07) is -7.90. The number of carbonyl (C=O) groups excluding carboxylic acids is 4. The Morgan fingerprint density at radius 1 is 0.246 bits per heavy atom. The first-order chi connectivity index (χ1) is 61.5. The molecule has 32 N–H and O–H groups in total. The fourth-order valence-corrected chi connectivity index (χ4v) is 17.0. The van der Waals surface area contributed by atoms with Gasteiger partial charge in [-0.25, -0.2) is 0 Å². The molecule has 0 aromatic rings. The number of nitrogens with one attached hydrogen (secondary N) is 4. The Bertz CT molecular complexity index is 3560. The van der Waals surface area contributed by atoms with Crippen molar-refractivity contribution >= 4 is 23.6 Å². The van der Waals surface area contributed by atoms with Crippen LogP contribution in [0.15, 0.2) is 0 Å². The molecule has 0 aromatic carbocycles. The van der Waals surface area contributed by atoms with Crippen molar-refractivity contribution in [2.45, 2.75) is 373 Å². The van der Waals surface area contributed by atoms with Gasteiger partial charge in [-0.2, -0.15) is 0 Å². The van der Waals surface area contributed by atoms with Crippen molar-refractivity contribution in [1.82, 2.24) is 21.3 Å². The highest BCUT2D eigenvalue weighted by Gasteiger charge is 2.63. The van der Waals surface area contributed by atoms with E-state index in [1.807, 2.05) is 0 Å². The molecule has 57 nitrogen and oxygen atoms in total. The number of ether oxygens (including phenoxy) is 21. The summed E-state index contributed by atoms with van der Waals surface area (Å²) in [5, 5.41) is 325. The molecule has 0 bridgehead atoms. The summed E-state index contributed by atoms with van der Waals surface area (Å²) in [6.07, 6.45) is -107. The van der Waals surface area contributed by atoms with E-state index in [9.17, 15) is 162 Å². The smallest absolute Gasteiger partial charge is 0.217 e. The van der Waals surface area contributed by atoms with E-state index in [4.69, 9.17) is 99.5 Å². The zero-order valence-corrected chi connectivity index (χ0v) is 70.3. The molecule has 4 amide bonds. The van der Waals surface area contributed by atoms with E-state index >= 15 is 0 Å². The Morgan fingerprint density at radius 3 is 1.04 bits per heavy atom. The number of rotatable bonds is 32. The van der Waals surface area contributed by atoms with E-state index in [2.05, 4.69) is 21.3 Å². The molecule has 0 aliphatic carbocycles. The SMILES string of the molecule is CC(=O)N[C@H]1[C@H](O[C@H]2[C@H](O[C@@H]3O[C@@H](C)[C@@H](O)[C@@H](O)[C@@H]3O)[C@@H](NC(C)=O)C(O)O[C@@H]2CO)O[C@H](CO)[C@@H](O[C@@H]2O[C@H](CO[C@H]3O[C@H](CO)[C@@H](O)[C@H](O)[C@@H]3O[C@@H]3O[C@H](CO)[C@@H](O[C@@H]4O[C@@H](C)[C@@H](O)[C@@H](O)[C@@H]4O)[C@H](O[C@@H]4O[C@H](CO)[C@H](O)[C@H](O)[C@H]4O)[C@H]3NC(C)=O)[C@@H](O)[C@H](O[C@H]3O[C@H](CO)[C@@H](O)[C@H](O)[C@@H]3O[C@@H]3O[C@H](CO)[C@@H](O)[C@H](O)[C@H]3NC(C)=O)[C@@H]2O[C@@H]2OC[C@@H](O)[C@H](O)[C@H]2O)[C@@H]1O. The summed E-state index contributed by atoms with van der Waals surface area (Å²) < 4.78 is 129. The van der Waals surface area contributed by atoms with E-state index in [-0.39, 0.29) is 0 Å². The molecule has 11 aliphatic heterocycles. The third-order valence-electron chi connectivity index (χ3n) is 24.1. The van der Waals surface area contributed by atoms with Crippen molar-refractivity contribution in [3.63, 3.8) is 0 Å². The van der Waals surface area contributed by atoms with Crippen LogP contribution in [0.2, 0.25) is 0 Å². The normalized spacial score (nSPS) is 50.4. The Hall–Kier alpha value is -4.08. The number of aliphatic hydroxyl groups is 28. The van der Waals surface area contributed by atoms with Gasteiger partial charge in [-0.3, -0.25) is 19.2 Å². The van der Waals surface area contributed by atoms with Crippen LogP contribution in [0.4, 0.5) is 0 Å². The average Bonchev–Trinajstić information content (AvgIpc) is 0.746. The van der Waals surface area contributed by atoms with Gasteiger partial charge in [0.05, 0.1) is 71.7 Å². The van der Waals surface area contributed by atoms with Crippen LogP contribution in [0, 0.1) is 0 Å². The number of hydrogen-bond donors (Lipinski definition) is 32. The van der Waals surface area contributed by atoms with Crippen molar-refractivity contribution in [3.8, 4) is 0 Å². The van der Waals surface area contributed by atoms with Gasteiger partial charge in [-0.1, -0.05) is 0 Å². The van der Waals surface area contributed by atoms with E-state index < -0.39 is 415 Å². The summed E-state index contributed by atoms with van der Waals surface area (Å²) in [5.41, 5.74) is 0. The molecule has 752 valence electrons. The summed E-state index contributed by atoms with van der Waals surface area (Å²) >= 11 is 0. The van der Waals surface area contributed by atoms with Crippen LogP contribution in [0.1, 0.15) is 41.5 Å². The Morgan fingerprint density at radius 2 is 0.554 bits per heavy atom. The van der Waals surface area contributed by atoms with Gasteiger partial charge in [0, 0.05) is 27.7 Å². The zero-order chi connectivity index (χ0) is 95.5. The van der Waals surface area contributed by atoms with E-state index in [0.29, 0.717) is 0 Å². The molecule has 11 saturated heterocycles. The van der Waals surface area contributed by atoms with Crippen LogP contribution in [0.25, 0.3) is 0 Å². The van der Waals surface area contributed by atoms with Gasteiger partial charge in [0.15, 0.2) is 69.2 Å². The molecule has 11 aliphatic rings. The Labute approximate surface area is 736 Å². The van der Waals surface area contributed by atoms with Crippen LogP contribution in [-0.2, 0) is 119 Å². The molecule has 11 heterocycles. The molecule has 54 atom stereocenters. The lowest BCUT2D eigenvalue weighted by Gasteiger charge is -2.52. The van der Waals surface area contributed by atoms with Crippen LogP contribution in [0.5, 0.6) is 0 Å². The van der Waals surface area contributed by atoms with Gasteiger partial charge < -0.3 is 264 Å². The minimum Gasteiger partial charge on any atom is -0.394 e. The molecule has 0 spiro atoms. The quantitative estimate of drug-likeness (QED) is 0.0297. The van der Waals surface area contributed by atoms with Gasteiger partial charge in [-0.05, 0) is 13.8 Å². The number of aliphatic hydroxyl groups excluding tert-OH is 28. The summed E-state index contributed by atoms with van der Waals surface area (Å²) in [6.45, 7) is -4.35. The average molecular weight is 1900 g/mol. The molecular formula is C73H122N4O53. The van der Waals surface area contributed by atoms with Crippen molar-refractivity contribution in [2.75, 3.05) is 59.5 Å². The molecule has 11 rings (SSSR count). The molecule has 11 fully saturated rings. The van der Waals surface area contributed by atoms with Crippen molar-refractivity contribution in [2.24, 2.45) is 0 Å². The third kappa shape index (κ3) is 23.2. The van der Waals surface area contributed by atoms with Crippen molar-refractivity contribution in [3.05, 3.63) is 0 Å². The maximum absolute atomic E-state index is 13.6. The van der Waals surface area contributed by atoms with E-state index in [0.717, 1.165) is 27.7 Å². The largest absolute Gasteiger partial charge is 0.394 e. The first kappa shape index (κ1) is 106. The standard InChI is InChI=1S/C73H122N4O53/c1-16-35(90)45(100)51(106)68(112-16)124-56-29(13-84)120-66(34(77-21(6)88)58(56)126-70-53(108)47(102)39(94)24(8-79)116-70)128-60-48(103)40(95)25(9-80)117-71(60)111-15-30-42(97)59(127-72-61(49(104)41(96)26(10-81)118-72)129-64-31(74-18(3)85)43(98)38(93)23(7-78)115-64)62(130-67-50(105)37(92)22(89)14-110-67)73(121-30)122-54-27(11-82)119-65(32(44(54)99)75-19(4)86)123-55-28(12-83)114-63(109)33(76-20(5)87)57(55)125-69-52(107)46(101)36(91)17(2)113-69/h16-17,22-73,78-84,89-109H,7-15H2,1-6H3,(H,74,85)(H,75,86)(H,76,87)(H,77,88)/t16-,17-,22+,23+,24+,25+,26+,27+,28+,29+,30+,31+,32+,33+,34+,35+,36+,37-,38+,39-,40+,41+,42+,43+,44+,45+,46+,47-,48-,49-,50+,51-,52-,53+,54+,55+,56+,57+,58+,59-,60-,61-,62-,63?,64-,65-,66-,67-,68-,69-,70-,71-,72+,73-/m0/s1. The lowest BCUT2D eigenvalue weighted by atomic mass is 9.93. The van der Waals surface area contributed by atoms with Gasteiger partial charge in [0.25, 0.3) is 0 Å². The molecule has 57 heteroatoms. The maximum atomic E-state index is 13.6. The van der Waals surface area contributed by atoms with Crippen molar-refractivity contribution < 1.29 is 262 Å². The topological polar surface area (TPSA) is 877 Å². The second-order valence-corrected chi connectivity index (χ2v) is 33.3. The predicted octanol–water partition coefficient (Wildman–Crippen LogP) is -21.7. The maximum Gasteiger partial charge on any atom is 0.217 e.